The molecule has 0 aliphatic rings. The molecular formula is C19H21ClN2O2. The molecule has 0 saturated carbocycles. The lowest BCUT2D eigenvalue weighted by molar-refractivity contribution is -0.131. The molecule has 5 heteroatoms. The second-order valence-corrected chi connectivity index (χ2v) is 6.34. The first-order valence-corrected chi connectivity index (χ1v) is 8.21. The third-order valence-electron chi connectivity index (χ3n) is 3.93. The molecule has 0 radical (unpaired) electrons. The molecule has 0 fully saturated rings. The molecule has 126 valence electrons. The molecule has 0 heterocycles. The Bertz CT molecular complexity index is 716. The lowest BCUT2D eigenvalue weighted by Gasteiger charge is -2.26. The second-order valence-electron chi connectivity index (χ2n) is 5.69. The number of nitrogens with zero attached hydrogens (tertiary/aromatic N) is 1. The van der Waals surface area contributed by atoms with Gasteiger partial charge >= 0.3 is 0 Å². The highest BCUT2D eigenvalue weighted by molar-refractivity contribution is 6.30. The van der Waals surface area contributed by atoms with E-state index in [-0.39, 0.29) is 17.9 Å². The van der Waals surface area contributed by atoms with Crippen LogP contribution in [0.5, 0.6) is 0 Å². The van der Waals surface area contributed by atoms with E-state index in [9.17, 15) is 9.59 Å². The number of anilines is 1. The molecule has 2 rings (SSSR count). The Morgan fingerprint density at radius 1 is 1.04 bits per heavy atom. The van der Waals surface area contributed by atoms with E-state index in [0.29, 0.717) is 11.3 Å². The first-order valence-electron chi connectivity index (χ1n) is 7.77. The zero-order chi connectivity index (χ0) is 17.7. The number of rotatable bonds is 5. The van der Waals surface area contributed by atoms with Crippen molar-refractivity contribution >= 4 is 29.1 Å². The highest BCUT2D eigenvalue weighted by Gasteiger charge is 2.21. The predicted octanol–water partition coefficient (Wildman–Crippen LogP) is 4.09. The molecule has 0 aromatic heterocycles. The lowest BCUT2D eigenvalue weighted by atomic mass is 10.1. The van der Waals surface area contributed by atoms with Crippen molar-refractivity contribution in [2.24, 2.45) is 0 Å². The van der Waals surface area contributed by atoms with Gasteiger partial charge in [0.2, 0.25) is 5.91 Å². The minimum Gasteiger partial charge on any atom is -0.338 e. The zero-order valence-corrected chi connectivity index (χ0v) is 14.7. The third kappa shape index (κ3) is 4.36. The molecule has 0 spiro atoms. The van der Waals surface area contributed by atoms with Crippen LogP contribution >= 0.6 is 11.6 Å². The van der Waals surface area contributed by atoms with Crippen LogP contribution < -0.4 is 5.32 Å². The fourth-order valence-corrected chi connectivity index (χ4v) is 2.52. The van der Waals surface area contributed by atoms with Crippen molar-refractivity contribution < 1.29 is 9.59 Å². The molecule has 4 nitrogen and oxygen atoms in total. The monoisotopic (exact) mass is 344 g/mol. The normalized spacial score (nSPS) is 13.0. The van der Waals surface area contributed by atoms with Gasteiger partial charge in [-0.25, -0.2) is 0 Å². The standard InChI is InChI=1S/C19H21ClN2O2/c1-13(20)19(24)22(3)14(2)16-10-7-11-17(12-16)21-18(23)15-8-5-4-6-9-15/h4-14H,1-3H3,(H,21,23). The highest BCUT2D eigenvalue weighted by Crippen LogP contribution is 2.23. The Labute approximate surface area is 147 Å². The van der Waals surface area contributed by atoms with Gasteiger partial charge in [0, 0.05) is 18.3 Å². The number of benzene rings is 2. The Morgan fingerprint density at radius 3 is 2.33 bits per heavy atom. The molecule has 2 atom stereocenters. The molecular weight excluding hydrogens is 324 g/mol. The van der Waals surface area contributed by atoms with E-state index in [1.807, 2.05) is 49.4 Å². The number of hydrogen-bond donors (Lipinski definition) is 1. The minimum absolute atomic E-state index is 0.136. The van der Waals surface area contributed by atoms with Gasteiger partial charge in [0.15, 0.2) is 0 Å². The largest absolute Gasteiger partial charge is 0.338 e. The molecule has 2 aromatic rings. The number of carbonyl (C=O) groups excluding carboxylic acids is 2. The molecule has 0 aliphatic heterocycles. The van der Waals surface area contributed by atoms with E-state index in [1.165, 1.54) is 0 Å². The van der Waals surface area contributed by atoms with E-state index in [4.69, 9.17) is 11.6 Å². The summed E-state index contributed by atoms with van der Waals surface area (Å²) >= 11 is 5.87. The Morgan fingerprint density at radius 2 is 1.71 bits per heavy atom. The van der Waals surface area contributed by atoms with Crippen molar-refractivity contribution in [3.8, 4) is 0 Å². The molecule has 2 aromatic carbocycles. The van der Waals surface area contributed by atoms with E-state index >= 15 is 0 Å². The van der Waals surface area contributed by atoms with Crippen molar-refractivity contribution in [3.63, 3.8) is 0 Å². The SMILES string of the molecule is CC(Cl)C(=O)N(C)C(C)c1cccc(NC(=O)c2ccccc2)c1. The molecule has 0 bridgehead atoms. The maximum absolute atomic E-state index is 12.2. The fraction of sp³-hybridized carbons (Fsp3) is 0.263. The van der Waals surface area contributed by atoms with Gasteiger partial charge in [-0.2, -0.15) is 0 Å². The van der Waals surface area contributed by atoms with Crippen LogP contribution in [-0.4, -0.2) is 29.1 Å². The first-order chi connectivity index (χ1) is 11.4. The lowest BCUT2D eigenvalue weighted by Crippen LogP contribution is -2.34. The van der Waals surface area contributed by atoms with Crippen LogP contribution in [0.2, 0.25) is 0 Å². The van der Waals surface area contributed by atoms with Crippen LogP contribution in [0, 0.1) is 0 Å². The Hall–Kier alpha value is -2.33. The van der Waals surface area contributed by atoms with Crippen LogP contribution in [0.1, 0.15) is 35.8 Å². The topological polar surface area (TPSA) is 49.4 Å². The Balaban J connectivity index is 2.14. The molecule has 2 unspecified atom stereocenters. The van der Waals surface area contributed by atoms with Crippen molar-refractivity contribution in [2.45, 2.75) is 25.3 Å². The van der Waals surface area contributed by atoms with Crippen molar-refractivity contribution in [3.05, 3.63) is 65.7 Å². The average molecular weight is 345 g/mol. The highest BCUT2D eigenvalue weighted by atomic mass is 35.5. The summed E-state index contributed by atoms with van der Waals surface area (Å²) in [6, 6.07) is 16.4. The van der Waals surface area contributed by atoms with Gasteiger partial charge in [-0.15, -0.1) is 11.6 Å². The smallest absolute Gasteiger partial charge is 0.255 e. The van der Waals surface area contributed by atoms with Crippen LogP contribution in [0.4, 0.5) is 5.69 Å². The van der Waals surface area contributed by atoms with Gasteiger partial charge in [0.25, 0.3) is 5.91 Å². The summed E-state index contributed by atoms with van der Waals surface area (Å²) in [6.07, 6.45) is 0. The predicted molar refractivity (Wildman–Crippen MR) is 97.3 cm³/mol. The van der Waals surface area contributed by atoms with Crippen LogP contribution in [0.15, 0.2) is 54.6 Å². The first kappa shape index (κ1) is 18.0. The van der Waals surface area contributed by atoms with Crippen molar-refractivity contribution in [1.82, 2.24) is 4.90 Å². The van der Waals surface area contributed by atoms with Crippen molar-refractivity contribution in [1.29, 1.82) is 0 Å². The number of alkyl halides is 1. The molecule has 0 saturated heterocycles. The summed E-state index contributed by atoms with van der Waals surface area (Å²) in [5.41, 5.74) is 2.21. The number of carbonyl (C=O) groups is 2. The summed E-state index contributed by atoms with van der Waals surface area (Å²) in [5, 5.41) is 2.31. The number of hydrogen-bond acceptors (Lipinski definition) is 2. The maximum Gasteiger partial charge on any atom is 0.255 e. The van der Waals surface area contributed by atoms with Crippen LogP contribution in [-0.2, 0) is 4.79 Å². The quantitative estimate of drug-likeness (QED) is 0.831. The molecule has 0 aliphatic carbocycles. The Kier molecular flexibility index (Phi) is 5.99. The number of amides is 2. The second kappa shape index (κ2) is 7.97. The number of halogens is 1. The third-order valence-corrected chi connectivity index (χ3v) is 4.12. The van der Waals surface area contributed by atoms with Gasteiger partial charge in [-0.1, -0.05) is 30.3 Å². The minimum atomic E-state index is -0.571. The van der Waals surface area contributed by atoms with E-state index < -0.39 is 5.38 Å². The van der Waals surface area contributed by atoms with Crippen LogP contribution in [0.3, 0.4) is 0 Å². The molecule has 2 amide bonds. The van der Waals surface area contributed by atoms with Gasteiger partial charge < -0.3 is 10.2 Å². The van der Waals surface area contributed by atoms with Crippen molar-refractivity contribution in [2.75, 3.05) is 12.4 Å². The van der Waals surface area contributed by atoms with Gasteiger partial charge in [-0.05, 0) is 43.7 Å². The zero-order valence-electron chi connectivity index (χ0n) is 14.0. The summed E-state index contributed by atoms with van der Waals surface area (Å²) in [7, 11) is 1.72. The maximum atomic E-state index is 12.2. The van der Waals surface area contributed by atoms with E-state index in [0.717, 1.165) is 5.56 Å². The summed E-state index contributed by atoms with van der Waals surface area (Å²) in [4.78, 5) is 25.9. The molecule has 24 heavy (non-hydrogen) atoms. The summed E-state index contributed by atoms with van der Waals surface area (Å²) in [6.45, 7) is 3.58. The van der Waals surface area contributed by atoms with Crippen LogP contribution in [0.25, 0.3) is 0 Å². The fourth-order valence-electron chi connectivity index (χ4n) is 2.36. The van der Waals surface area contributed by atoms with E-state index in [2.05, 4.69) is 5.32 Å². The van der Waals surface area contributed by atoms with Gasteiger partial charge in [0.1, 0.15) is 5.38 Å². The van der Waals surface area contributed by atoms with Gasteiger partial charge in [-0.3, -0.25) is 9.59 Å². The molecule has 1 N–H and O–H groups in total. The summed E-state index contributed by atoms with van der Waals surface area (Å²) < 4.78 is 0. The number of nitrogens with one attached hydrogen (secondary N) is 1. The van der Waals surface area contributed by atoms with Gasteiger partial charge in [0.05, 0.1) is 6.04 Å². The summed E-state index contributed by atoms with van der Waals surface area (Å²) in [5.74, 6) is -0.304. The average Bonchev–Trinajstić information content (AvgIpc) is 2.60. The van der Waals surface area contributed by atoms with E-state index in [1.54, 1.807) is 31.0 Å².